The SMILES string of the molecule is CCCCCCCCCCC(NN)C1(C)CCCS1. The summed E-state index contributed by atoms with van der Waals surface area (Å²) >= 11 is 2.11. The minimum atomic E-state index is 0.385. The molecule has 3 heteroatoms. The van der Waals surface area contributed by atoms with E-state index in [1.807, 2.05) is 0 Å². The Bertz CT molecular complexity index is 215. The maximum Gasteiger partial charge on any atom is 0.0354 e. The zero-order valence-corrected chi connectivity index (χ0v) is 13.9. The Morgan fingerprint density at radius 1 is 1.11 bits per heavy atom. The van der Waals surface area contributed by atoms with E-state index < -0.39 is 0 Å². The summed E-state index contributed by atoms with van der Waals surface area (Å²) < 4.78 is 0.385. The Balaban J connectivity index is 2.03. The normalized spacial score (nSPS) is 24.8. The molecular formula is C16H34N2S. The number of nitrogens with one attached hydrogen (secondary N) is 1. The second-order valence-corrected chi connectivity index (χ2v) is 7.88. The van der Waals surface area contributed by atoms with Crippen molar-refractivity contribution >= 4 is 11.8 Å². The number of nitrogens with two attached hydrogens (primary N) is 1. The topological polar surface area (TPSA) is 38.0 Å². The molecule has 1 heterocycles. The molecule has 0 saturated carbocycles. The number of unbranched alkanes of at least 4 members (excludes halogenated alkanes) is 7. The zero-order chi connectivity index (χ0) is 14.0. The van der Waals surface area contributed by atoms with Crippen LogP contribution < -0.4 is 11.3 Å². The van der Waals surface area contributed by atoms with Crippen molar-refractivity contribution in [2.45, 2.75) is 95.3 Å². The van der Waals surface area contributed by atoms with E-state index in [2.05, 4.69) is 31.0 Å². The number of hydrogen-bond acceptors (Lipinski definition) is 3. The van der Waals surface area contributed by atoms with Crippen LogP contribution >= 0.6 is 11.8 Å². The van der Waals surface area contributed by atoms with Crippen molar-refractivity contribution < 1.29 is 0 Å². The minimum absolute atomic E-state index is 0.385. The van der Waals surface area contributed by atoms with E-state index >= 15 is 0 Å². The van der Waals surface area contributed by atoms with Gasteiger partial charge >= 0.3 is 0 Å². The van der Waals surface area contributed by atoms with Crippen molar-refractivity contribution in [3.05, 3.63) is 0 Å². The fraction of sp³-hybridized carbons (Fsp3) is 1.00. The summed E-state index contributed by atoms with van der Waals surface area (Å²) in [5.41, 5.74) is 3.08. The van der Waals surface area contributed by atoms with Crippen LogP contribution in [0.1, 0.15) is 84.5 Å². The molecule has 0 bridgehead atoms. The molecule has 2 unspecified atom stereocenters. The Labute approximate surface area is 124 Å². The minimum Gasteiger partial charge on any atom is -0.271 e. The lowest BCUT2D eigenvalue weighted by atomic mass is 9.92. The third-order valence-corrected chi connectivity index (χ3v) is 6.17. The smallest absolute Gasteiger partial charge is 0.0354 e. The standard InChI is InChI=1S/C16H34N2S/c1-3-4-5-6-7-8-9-10-12-15(18-17)16(2)13-11-14-19-16/h15,18H,3-14,17H2,1-2H3. The van der Waals surface area contributed by atoms with E-state index in [-0.39, 0.29) is 0 Å². The molecule has 1 aliphatic heterocycles. The van der Waals surface area contributed by atoms with Crippen LogP contribution in [-0.4, -0.2) is 16.5 Å². The van der Waals surface area contributed by atoms with Crippen molar-refractivity contribution in [2.24, 2.45) is 5.84 Å². The molecule has 0 aromatic heterocycles. The van der Waals surface area contributed by atoms with Gasteiger partial charge in [-0.2, -0.15) is 11.8 Å². The van der Waals surface area contributed by atoms with Crippen molar-refractivity contribution in [3.63, 3.8) is 0 Å². The summed E-state index contributed by atoms with van der Waals surface area (Å²) in [5, 5.41) is 0. The monoisotopic (exact) mass is 286 g/mol. The molecule has 0 aromatic carbocycles. The second kappa shape index (κ2) is 10.1. The maximum atomic E-state index is 5.77. The van der Waals surface area contributed by atoms with Gasteiger partial charge in [0.25, 0.3) is 0 Å². The number of hydrazine groups is 1. The fourth-order valence-electron chi connectivity index (χ4n) is 3.12. The molecule has 3 N–H and O–H groups in total. The molecule has 1 aliphatic rings. The maximum absolute atomic E-state index is 5.77. The molecule has 0 aromatic rings. The molecule has 1 rings (SSSR count). The van der Waals surface area contributed by atoms with Crippen LogP contribution in [0, 0.1) is 0 Å². The molecule has 1 fully saturated rings. The first-order valence-corrected chi connectivity index (χ1v) is 9.31. The average Bonchev–Trinajstić information content (AvgIpc) is 2.85. The van der Waals surface area contributed by atoms with Crippen LogP contribution in [0.5, 0.6) is 0 Å². The number of hydrogen-bond donors (Lipinski definition) is 2. The van der Waals surface area contributed by atoms with Crippen molar-refractivity contribution in [1.82, 2.24) is 5.43 Å². The fourth-order valence-corrected chi connectivity index (χ4v) is 4.55. The molecule has 1 saturated heterocycles. The van der Waals surface area contributed by atoms with Gasteiger partial charge in [-0.1, -0.05) is 58.3 Å². The van der Waals surface area contributed by atoms with E-state index in [4.69, 9.17) is 5.84 Å². The van der Waals surface area contributed by atoms with Gasteiger partial charge in [-0.15, -0.1) is 0 Å². The summed E-state index contributed by atoms with van der Waals surface area (Å²) in [6.45, 7) is 4.67. The van der Waals surface area contributed by atoms with E-state index in [9.17, 15) is 0 Å². The molecule has 0 amide bonds. The van der Waals surface area contributed by atoms with Crippen molar-refractivity contribution in [3.8, 4) is 0 Å². The quantitative estimate of drug-likeness (QED) is 0.330. The van der Waals surface area contributed by atoms with Gasteiger partial charge in [0.2, 0.25) is 0 Å². The number of rotatable bonds is 11. The summed E-state index contributed by atoms with van der Waals surface area (Å²) in [6, 6.07) is 0.500. The molecule has 114 valence electrons. The third kappa shape index (κ3) is 6.50. The van der Waals surface area contributed by atoms with Crippen molar-refractivity contribution in [1.29, 1.82) is 0 Å². The average molecular weight is 287 g/mol. The summed E-state index contributed by atoms with van der Waals surface area (Å²) in [7, 11) is 0. The predicted octanol–water partition coefficient (Wildman–Crippen LogP) is 4.63. The summed E-state index contributed by atoms with van der Waals surface area (Å²) in [6.07, 6.45) is 15.1. The van der Waals surface area contributed by atoms with Crippen molar-refractivity contribution in [2.75, 3.05) is 5.75 Å². The number of thioether (sulfide) groups is 1. The lowest BCUT2D eigenvalue weighted by Gasteiger charge is -2.32. The Hall–Kier alpha value is 0.270. The van der Waals surface area contributed by atoms with Gasteiger partial charge in [0, 0.05) is 10.8 Å². The Morgan fingerprint density at radius 2 is 1.74 bits per heavy atom. The largest absolute Gasteiger partial charge is 0.271 e. The highest BCUT2D eigenvalue weighted by Gasteiger charge is 2.36. The molecule has 0 radical (unpaired) electrons. The zero-order valence-electron chi connectivity index (χ0n) is 13.0. The first kappa shape index (κ1) is 17.3. The lowest BCUT2D eigenvalue weighted by molar-refractivity contribution is 0.372. The molecule has 0 spiro atoms. The first-order chi connectivity index (χ1) is 9.23. The van der Waals surface area contributed by atoms with Gasteiger partial charge in [-0.3, -0.25) is 11.3 Å². The van der Waals surface area contributed by atoms with Crippen LogP contribution in [0.4, 0.5) is 0 Å². The molecule has 0 aliphatic carbocycles. The van der Waals surface area contributed by atoms with Crippen LogP contribution in [0.25, 0.3) is 0 Å². The van der Waals surface area contributed by atoms with E-state index in [1.165, 1.54) is 76.4 Å². The molecule has 2 atom stereocenters. The predicted molar refractivity (Wildman–Crippen MR) is 88.4 cm³/mol. The van der Waals surface area contributed by atoms with Crippen LogP contribution in [0.2, 0.25) is 0 Å². The second-order valence-electron chi connectivity index (χ2n) is 6.25. The van der Waals surface area contributed by atoms with E-state index in [1.54, 1.807) is 0 Å². The van der Waals surface area contributed by atoms with Gasteiger partial charge < -0.3 is 0 Å². The van der Waals surface area contributed by atoms with Gasteiger partial charge in [0.1, 0.15) is 0 Å². The Kier molecular flexibility index (Phi) is 9.17. The van der Waals surface area contributed by atoms with Crippen LogP contribution in [-0.2, 0) is 0 Å². The van der Waals surface area contributed by atoms with Gasteiger partial charge in [-0.05, 0) is 31.9 Å². The lowest BCUT2D eigenvalue weighted by Crippen LogP contribution is -2.48. The highest BCUT2D eigenvalue weighted by molar-refractivity contribution is 8.00. The van der Waals surface area contributed by atoms with E-state index in [0.29, 0.717) is 10.8 Å². The molecule has 19 heavy (non-hydrogen) atoms. The highest BCUT2D eigenvalue weighted by Crippen LogP contribution is 2.41. The van der Waals surface area contributed by atoms with Crippen LogP contribution in [0.15, 0.2) is 0 Å². The third-order valence-electron chi connectivity index (χ3n) is 4.53. The van der Waals surface area contributed by atoms with Gasteiger partial charge in [0.15, 0.2) is 0 Å². The highest BCUT2D eigenvalue weighted by atomic mass is 32.2. The van der Waals surface area contributed by atoms with Gasteiger partial charge in [0.05, 0.1) is 0 Å². The van der Waals surface area contributed by atoms with E-state index in [0.717, 1.165) is 0 Å². The Morgan fingerprint density at radius 3 is 2.26 bits per heavy atom. The molecular weight excluding hydrogens is 252 g/mol. The molecule has 2 nitrogen and oxygen atoms in total. The first-order valence-electron chi connectivity index (χ1n) is 8.33. The van der Waals surface area contributed by atoms with Gasteiger partial charge in [-0.25, -0.2) is 0 Å². The summed E-state index contributed by atoms with van der Waals surface area (Å²) in [4.78, 5) is 0. The summed E-state index contributed by atoms with van der Waals surface area (Å²) in [5.74, 6) is 7.08. The van der Waals surface area contributed by atoms with Crippen LogP contribution in [0.3, 0.4) is 0 Å².